The van der Waals surface area contributed by atoms with Gasteiger partial charge in [-0.25, -0.2) is 9.18 Å². The average molecular weight is 755 g/mol. The first-order valence-corrected chi connectivity index (χ1v) is 16.4. The van der Waals surface area contributed by atoms with Gasteiger partial charge in [0.2, 0.25) is 5.91 Å². The summed E-state index contributed by atoms with van der Waals surface area (Å²) in [6, 6.07) is 8.07. The zero-order valence-corrected chi connectivity index (χ0v) is 29.6. The fourth-order valence-corrected chi connectivity index (χ4v) is 5.69. The highest BCUT2D eigenvalue weighted by molar-refractivity contribution is 9.10. The smallest absolute Gasteiger partial charge is 0.434 e. The van der Waals surface area contributed by atoms with Crippen molar-refractivity contribution in [3.8, 4) is 11.3 Å². The molecule has 7 nitrogen and oxygen atoms in total. The third kappa shape index (κ3) is 10.2. The van der Waals surface area contributed by atoms with Gasteiger partial charge >= 0.3 is 12.1 Å². The van der Waals surface area contributed by atoms with Crippen LogP contribution >= 0.6 is 39.1 Å². The van der Waals surface area contributed by atoms with E-state index in [0.717, 1.165) is 50.7 Å². The number of hydrogen-bond donors (Lipinski definition) is 0. The van der Waals surface area contributed by atoms with Crippen molar-refractivity contribution in [2.75, 3.05) is 30.5 Å². The molecule has 254 valence electrons. The highest BCUT2D eigenvalue weighted by atomic mass is 79.9. The summed E-state index contributed by atoms with van der Waals surface area (Å²) in [5.74, 6) is -1.80. The molecule has 3 aromatic rings. The van der Waals surface area contributed by atoms with Gasteiger partial charge < -0.3 is 14.4 Å². The van der Waals surface area contributed by atoms with Crippen LogP contribution in [0.4, 0.5) is 23.2 Å². The Labute approximate surface area is 285 Å². The minimum Gasteiger partial charge on any atom is -0.459 e. The number of aromatic nitrogens is 2. The monoisotopic (exact) mass is 753 g/mol. The summed E-state index contributed by atoms with van der Waals surface area (Å²) in [4.78, 5) is 26.1. The van der Waals surface area contributed by atoms with E-state index in [1.54, 1.807) is 18.7 Å². The van der Waals surface area contributed by atoms with Crippen molar-refractivity contribution < 1.29 is 36.6 Å². The Hall–Kier alpha value is -2.67. The van der Waals surface area contributed by atoms with Crippen molar-refractivity contribution in [1.82, 2.24) is 9.78 Å². The molecular formula is C32H38BrCl2F4N3O4. The quantitative estimate of drug-likeness (QED) is 0.0799. The van der Waals surface area contributed by atoms with Gasteiger partial charge in [-0.15, -0.1) is 11.6 Å². The van der Waals surface area contributed by atoms with E-state index in [1.165, 1.54) is 11.1 Å². The lowest BCUT2D eigenvalue weighted by Gasteiger charge is -2.27. The molecule has 1 aromatic heterocycles. The lowest BCUT2D eigenvalue weighted by Crippen LogP contribution is -2.36. The fourth-order valence-electron chi connectivity index (χ4n) is 4.54. The molecule has 0 saturated heterocycles. The van der Waals surface area contributed by atoms with Crippen LogP contribution in [0.2, 0.25) is 5.02 Å². The van der Waals surface area contributed by atoms with Crippen LogP contribution in [0, 0.1) is 5.82 Å². The number of anilines is 1. The number of ether oxygens (including phenoxy) is 2. The van der Waals surface area contributed by atoms with Crippen LogP contribution < -0.4 is 4.90 Å². The Balaban J connectivity index is 0.000000326. The van der Waals surface area contributed by atoms with Crippen LogP contribution in [0.25, 0.3) is 11.3 Å². The number of aryl methyl sites for hydroxylation is 3. The number of alkyl halides is 4. The van der Waals surface area contributed by atoms with Crippen LogP contribution in [-0.4, -0.2) is 53.4 Å². The van der Waals surface area contributed by atoms with Crippen molar-refractivity contribution in [3.05, 3.63) is 68.0 Å². The Morgan fingerprint density at radius 2 is 1.70 bits per heavy atom. The molecule has 0 bridgehead atoms. The third-order valence-corrected chi connectivity index (χ3v) is 7.88. The van der Waals surface area contributed by atoms with Gasteiger partial charge in [-0.2, -0.15) is 18.3 Å². The van der Waals surface area contributed by atoms with Gasteiger partial charge in [-0.05, 0) is 72.3 Å². The van der Waals surface area contributed by atoms with E-state index in [4.69, 9.17) is 32.7 Å². The number of halogens is 7. The number of rotatable bonds is 12. The standard InChI is InChI=1S/C17H26ClNO2.C15H12BrClF4N2O2/c1-4-11-21-12-10-19(16(20)13-18)17-14(5-2)8-7-9-15(17)6-3;1-6(2)25-14(24)7-4-8(10(18)5-9(7)17)12-11(16)13(15(19,20)21)23(3)22-12/h7-9H,4-6,10-13H2,1-3H3;4-6H,1-3H3. The molecule has 0 saturated carbocycles. The minimum atomic E-state index is -4.69. The summed E-state index contributed by atoms with van der Waals surface area (Å²) in [5.41, 5.74) is 1.53. The second kappa shape index (κ2) is 18.0. The number of benzene rings is 2. The molecular weight excluding hydrogens is 717 g/mol. The summed E-state index contributed by atoms with van der Waals surface area (Å²) in [7, 11) is 1.08. The van der Waals surface area contributed by atoms with E-state index < -0.39 is 34.2 Å². The van der Waals surface area contributed by atoms with Gasteiger partial charge in [0.25, 0.3) is 0 Å². The molecule has 0 aliphatic rings. The summed E-state index contributed by atoms with van der Waals surface area (Å²) in [6.45, 7) is 11.3. The maximum Gasteiger partial charge on any atom is 0.434 e. The normalized spacial score (nSPS) is 11.3. The molecule has 2 aromatic carbocycles. The summed E-state index contributed by atoms with van der Waals surface area (Å²) < 4.78 is 64.2. The molecule has 0 aliphatic carbocycles. The second-order valence-corrected chi connectivity index (χ2v) is 11.8. The summed E-state index contributed by atoms with van der Waals surface area (Å²) >= 11 is 14.5. The Morgan fingerprint density at radius 3 is 2.17 bits per heavy atom. The molecule has 0 spiro atoms. The zero-order valence-electron chi connectivity index (χ0n) is 26.5. The highest BCUT2D eigenvalue weighted by Gasteiger charge is 2.39. The zero-order chi connectivity index (χ0) is 34.8. The number of carbonyl (C=O) groups is 2. The molecule has 1 heterocycles. The molecule has 0 aliphatic heterocycles. The maximum atomic E-state index is 14.3. The van der Waals surface area contributed by atoms with Gasteiger partial charge in [0, 0.05) is 25.8 Å². The molecule has 0 unspecified atom stereocenters. The van der Waals surface area contributed by atoms with E-state index in [2.05, 4.69) is 60.0 Å². The molecule has 1 amide bonds. The lowest BCUT2D eigenvalue weighted by molar-refractivity contribution is -0.144. The van der Waals surface area contributed by atoms with E-state index in [-0.39, 0.29) is 33.6 Å². The molecule has 0 radical (unpaired) electrons. The molecule has 0 fully saturated rings. The number of carbonyl (C=O) groups excluding carboxylic acids is 2. The van der Waals surface area contributed by atoms with Crippen molar-refractivity contribution in [3.63, 3.8) is 0 Å². The van der Waals surface area contributed by atoms with Crippen LogP contribution in [0.3, 0.4) is 0 Å². The lowest BCUT2D eigenvalue weighted by atomic mass is 10.0. The molecule has 0 atom stereocenters. The van der Waals surface area contributed by atoms with Gasteiger partial charge in [-0.3, -0.25) is 9.48 Å². The molecule has 46 heavy (non-hydrogen) atoms. The first kappa shape index (κ1) is 39.5. The highest BCUT2D eigenvalue weighted by Crippen LogP contribution is 2.41. The Bertz CT molecular complexity index is 1480. The van der Waals surface area contributed by atoms with Crippen molar-refractivity contribution in [2.45, 2.75) is 66.2 Å². The second-order valence-electron chi connectivity index (χ2n) is 10.3. The summed E-state index contributed by atoms with van der Waals surface area (Å²) in [6.07, 6.45) is -2.37. The van der Waals surface area contributed by atoms with E-state index >= 15 is 0 Å². The topological polar surface area (TPSA) is 73.7 Å². The predicted molar refractivity (Wildman–Crippen MR) is 176 cm³/mol. The van der Waals surface area contributed by atoms with Gasteiger partial charge in [0.05, 0.1) is 33.5 Å². The Kier molecular flexibility index (Phi) is 15.5. The van der Waals surface area contributed by atoms with E-state index in [0.29, 0.717) is 17.8 Å². The summed E-state index contributed by atoms with van der Waals surface area (Å²) in [5, 5.41) is 3.50. The third-order valence-electron chi connectivity index (χ3n) is 6.59. The van der Waals surface area contributed by atoms with Crippen LogP contribution in [0.5, 0.6) is 0 Å². The predicted octanol–water partition coefficient (Wildman–Crippen LogP) is 9.04. The van der Waals surface area contributed by atoms with Gasteiger partial charge in [-0.1, -0.05) is 50.6 Å². The van der Waals surface area contributed by atoms with E-state index in [9.17, 15) is 27.2 Å². The number of nitrogens with zero attached hydrogens (tertiary/aromatic N) is 3. The number of amides is 1. The van der Waals surface area contributed by atoms with Crippen molar-refractivity contribution >= 4 is 56.7 Å². The fraction of sp³-hybridized carbons (Fsp3) is 0.469. The molecule has 0 N–H and O–H groups in total. The van der Waals surface area contributed by atoms with E-state index in [1.807, 2.05) is 0 Å². The Morgan fingerprint density at radius 1 is 1.09 bits per heavy atom. The molecule has 3 rings (SSSR count). The van der Waals surface area contributed by atoms with Crippen molar-refractivity contribution in [2.24, 2.45) is 7.05 Å². The largest absolute Gasteiger partial charge is 0.459 e. The first-order chi connectivity index (χ1) is 21.6. The first-order valence-electron chi connectivity index (χ1n) is 14.7. The molecule has 14 heteroatoms. The van der Waals surface area contributed by atoms with Crippen LogP contribution in [-0.2, 0) is 40.3 Å². The maximum absolute atomic E-state index is 14.3. The number of para-hydroxylation sites is 1. The number of hydrogen-bond acceptors (Lipinski definition) is 5. The number of esters is 1. The minimum absolute atomic E-state index is 0.00498. The SMILES string of the molecule is CC(C)OC(=O)c1cc(-c2nn(C)c(C(F)(F)F)c2Br)c(F)cc1Cl.CCCOCCN(C(=O)CCl)c1c(CC)cccc1CC. The van der Waals surface area contributed by atoms with Gasteiger partial charge in [0.1, 0.15) is 17.4 Å². The average Bonchev–Trinajstić information content (AvgIpc) is 3.30. The van der Waals surface area contributed by atoms with Gasteiger partial charge in [0.15, 0.2) is 5.69 Å². The van der Waals surface area contributed by atoms with Crippen molar-refractivity contribution in [1.29, 1.82) is 0 Å². The van der Waals surface area contributed by atoms with Crippen LogP contribution in [0.1, 0.15) is 68.2 Å². The van der Waals surface area contributed by atoms with Crippen LogP contribution in [0.15, 0.2) is 34.8 Å².